The first-order chi connectivity index (χ1) is 15.4. The number of thiophene rings is 1. The average Bonchev–Trinajstić information content (AvgIpc) is 3.49. The standard InChI is InChI=1S/C24H26N4O3S/c1-16-18(15-25-28(16)17-9-5-4-6-10-17)22(29)20-21(19-11-7-14-32-19)27(24(31)23(20)30)13-8-12-26(2)3/h4-7,9-11,14-15,21,29H,8,12-13H2,1-3H3/b22-20-. The maximum Gasteiger partial charge on any atom is 0.295 e. The Morgan fingerprint density at radius 2 is 1.91 bits per heavy atom. The van der Waals surface area contributed by atoms with Crippen LogP contribution in [0.5, 0.6) is 0 Å². The van der Waals surface area contributed by atoms with Gasteiger partial charge in [0.05, 0.1) is 34.8 Å². The number of hydrogen-bond acceptors (Lipinski definition) is 6. The van der Waals surface area contributed by atoms with E-state index >= 15 is 0 Å². The summed E-state index contributed by atoms with van der Waals surface area (Å²) < 4.78 is 1.71. The molecule has 32 heavy (non-hydrogen) atoms. The van der Waals surface area contributed by atoms with Crippen LogP contribution in [-0.2, 0) is 9.59 Å². The third-order valence-corrected chi connectivity index (χ3v) is 6.55. The molecule has 0 spiro atoms. The molecule has 8 heteroatoms. The minimum Gasteiger partial charge on any atom is -0.507 e. The Morgan fingerprint density at radius 1 is 1.16 bits per heavy atom. The van der Waals surface area contributed by atoms with Gasteiger partial charge in [-0.05, 0) is 57.6 Å². The lowest BCUT2D eigenvalue weighted by molar-refractivity contribution is -0.139. The van der Waals surface area contributed by atoms with Gasteiger partial charge in [0.1, 0.15) is 5.76 Å². The number of aliphatic hydroxyl groups excluding tert-OH is 1. The molecule has 1 fully saturated rings. The molecule has 0 aliphatic carbocycles. The summed E-state index contributed by atoms with van der Waals surface area (Å²) in [5.41, 5.74) is 2.11. The Bertz CT molecular complexity index is 1150. The molecule has 3 heterocycles. The number of hydrogen-bond donors (Lipinski definition) is 1. The maximum absolute atomic E-state index is 13.1. The third-order valence-electron chi connectivity index (χ3n) is 5.62. The van der Waals surface area contributed by atoms with Crippen LogP contribution in [0.25, 0.3) is 11.4 Å². The molecule has 1 amide bonds. The van der Waals surface area contributed by atoms with Crippen molar-refractivity contribution >= 4 is 28.8 Å². The number of para-hydroxylation sites is 1. The van der Waals surface area contributed by atoms with Crippen LogP contribution in [0.15, 0.2) is 59.6 Å². The lowest BCUT2D eigenvalue weighted by atomic mass is 10.00. The van der Waals surface area contributed by atoms with Crippen molar-refractivity contribution in [2.45, 2.75) is 19.4 Å². The van der Waals surface area contributed by atoms with Gasteiger partial charge in [-0.1, -0.05) is 24.3 Å². The number of benzene rings is 1. The minimum atomic E-state index is -0.655. The molecule has 0 bridgehead atoms. The van der Waals surface area contributed by atoms with E-state index in [0.717, 1.165) is 23.5 Å². The van der Waals surface area contributed by atoms with Crippen molar-refractivity contribution in [1.29, 1.82) is 0 Å². The van der Waals surface area contributed by atoms with Crippen molar-refractivity contribution in [3.8, 4) is 5.69 Å². The van der Waals surface area contributed by atoms with E-state index in [1.54, 1.807) is 15.8 Å². The van der Waals surface area contributed by atoms with Crippen LogP contribution in [-0.4, -0.2) is 63.6 Å². The summed E-state index contributed by atoms with van der Waals surface area (Å²) in [4.78, 5) is 30.5. The zero-order valence-electron chi connectivity index (χ0n) is 18.4. The van der Waals surface area contributed by atoms with Crippen molar-refractivity contribution in [2.24, 2.45) is 0 Å². The second-order valence-electron chi connectivity index (χ2n) is 8.06. The highest BCUT2D eigenvalue weighted by molar-refractivity contribution is 7.10. The van der Waals surface area contributed by atoms with Gasteiger partial charge in [0.2, 0.25) is 0 Å². The highest BCUT2D eigenvalue weighted by Crippen LogP contribution is 2.41. The first-order valence-corrected chi connectivity index (χ1v) is 11.3. The molecule has 3 aromatic rings. The Balaban J connectivity index is 1.77. The smallest absolute Gasteiger partial charge is 0.295 e. The van der Waals surface area contributed by atoms with Gasteiger partial charge in [-0.25, -0.2) is 4.68 Å². The van der Waals surface area contributed by atoms with E-state index in [-0.39, 0.29) is 11.3 Å². The number of aliphatic hydroxyl groups is 1. The van der Waals surface area contributed by atoms with Gasteiger partial charge in [-0.2, -0.15) is 5.10 Å². The molecule has 1 aliphatic heterocycles. The highest BCUT2D eigenvalue weighted by atomic mass is 32.1. The Kier molecular flexibility index (Phi) is 6.25. The Hall–Kier alpha value is -3.23. The lowest BCUT2D eigenvalue weighted by Crippen LogP contribution is -2.32. The number of likely N-dealkylation sites (tertiary alicyclic amines) is 1. The van der Waals surface area contributed by atoms with E-state index in [9.17, 15) is 14.7 Å². The molecule has 7 nitrogen and oxygen atoms in total. The normalized spacial score (nSPS) is 18.1. The van der Waals surface area contributed by atoms with E-state index in [0.29, 0.717) is 17.8 Å². The minimum absolute atomic E-state index is 0.123. The zero-order valence-corrected chi connectivity index (χ0v) is 19.2. The molecule has 4 rings (SSSR count). The molecule has 2 aromatic heterocycles. The summed E-state index contributed by atoms with van der Waals surface area (Å²) in [5.74, 6) is -1.41. The number of aromatic nitrogens is 2. The summed E-state index contributed by atoms with van der Waals surface area (Å²) in [6.07, 6.45) is 2.27. The fourth-order valence-electron chi connectivity index (χ4n) is 4.03. The van der Waals surface area contributed by atoms with Crippen LogP contribution in [0, 0.1) is 6.92 Å². The first-order valence-electron chi connectivity index (χ1n) is 10.5. The molecule has 1 unspecified atom stereocenters. The molecule has 0 saturated carbocycles. The van der Waals surface area contributed by atoms with Gasteiger partial charge >= 0.3 is 0 Å². The molecule has 1 atom stereocenters. The number of amides is 1. The molecular weight excluding hydrogens is 424 g/mol. The molecule has 1 N–H and O–H groups in total. The molecular formula is C24H26N4O3S. The van der Waals surface area contributed by atoms with Crippen LogP contribution in [0.2, 0.25) is 0 Å². The maximum atomic E-state index is 13.1. The number of nitrogens with zero attached hydrogens (tertiary/aromatic N) is 4. The Labute approximate surface area is 191 Å². The SMILES string of the molecule is Cc1c(/C(O)=C2/C(=O)C(=O)N(CCCN(C)C)C2c2cccs2)cnn1-c1ccccc1. The number of rotatable bonds is 7. The van der Waals surface area contributed by atoms with Crippen molar-refractivity contribution in [1.82, 2.24) is 19.6 Å². The predicted molar refractivity (Wildman–Crippen MR) is 125 cm³/mol. The van der Waals surface area contributed by atoms with E-state index in [1.807, 2.05) is 73.8 Å². The summed E-state index contributed by atoms with van der Waals surface area (Å²) in [6.45, 7) is 3.07. The lowest BCUT2D eigenvalue weighted by Gasteiger charge is -2.24. The Morgan fingerprint density at radius 3 is 2.56 bits per heavy atom. The summed E-state index contributed by atoms with van der Waals surface area (Å²) in [7, 11) is 3.94. The fourth-order valence-corrected chi connectivity index (χ4v) is 4.87. The van der Waals surface area contributed by atoms with Gasteiger partial charge in [-0.3, -0.25) is 9.59 Å². The van der Waals surface area contributed by atoms with Crippen molar-refractivity contribution in [2.75, 3.05) is 27.2 Å². The van der Waals surface area contributed by atoms with Crippen LogP contribution >= 0.6 is 11.3 Å². The van der Waals surface area contributed by atoms with Crippen LogP contribution in [0.3, 0.4) is 0 Å². The van der Waals surface area contributed by atoms with Gasteiger partial charge in [-0.15, -0.1) is 11.3 Å². The first kappa shape index (κ1) is 22.0. The highest BCUT2D eigenvalue weighted by Gasteiger charge is 2.46. The van der Waals surface area contributed by atoms with Gasteiger partial charge in [0, 0.05) is 11.4 Å². The molecule has 0 radical (unpaired) electrons. The van der Waals surface area contributed by atoms with Gasteiger partial charge in [0.25, 0.3) is 11.7 Å². The third kappa shape index (κ3) is 3.99. The topological polar surface area (TPSA) is 78.7 Å². The summed E-state index contributed by atoms with van der Waals surface area (Å²) >= 11 is 1.47. The van der Waals surface area contributed by atoms with E-state index in [1.165, 1.54) is 11.3 Å². The quantitative estimate of drug-likeness (QED) is 0.338. The second kappa shape index (κ2) is 9.10. The van der Waals surface area contributed by atoms with E-state index < -0.39 is 17.7 Å². The predicted octanol–water partition coefficient (Wildman–Crippen LogP) is 3.62. The van der Waals surface area contributed by atoms with Gasteiger partial charge in [0.15, 0.2) is 0 Å². The monoisotopic (exact) mass is 450 g/mol. The summed E-state index contributed by atoms with van der Waals surface area (Å²) in [5, 5.41) is 17.6. The van der Waals surface area contributed by atoms with Crippen molar-refractivity contribution < 1.29 is 14.7 Å². The fraction of sp³-hybridized carbons (Fsp3) is 0.292. The van der Waals surface area contributed by atoms with Crippen LogP contribution in [0.4, 0.5) is 0 Å². The van der Waals surface area contributed by atoms with Crippen LogP contribution < -0.4 is 0 Å². The van der Waals surface area contributed by atoms with Crippen molar-refractivity contribution in [3.05, 3.63) is 75.7 Å². The largest absolute Gasteiger partial charge is 0.507 e. The molecule has 1 saturated heterocycles. The average molecular weight is 451 g/mol. The number of carbonyl (C=O) groups is 2. The second-order valence-corrected chi connectivity index (χ2v) is 9.04. The zero-order chi connectivity index (χ0) is 22.8. The van der Waals surface area contributed by atoms with E-state index in [4.69, 9.17) is 0 Å². The summed E-state index contributed by atoms with van der Waals surface area (Å²) in [6, 6.07) is 12.8. The molecule has 1 aromatic carbocycles. The number of carbonyl (C=O) groups excluding carboxylic acids is 2. The van der Waals surface area contributed by atoms with Crippen LogP contribution in [0.1, 0.15) is 28.6 Å². The molecule has 166 valence electrons. The van der Waals surface area contributed by atoms with E-state index in [2.05, 4.69) is 5.10 Å². The number of ketones is 1. The molecule has 1 aliphatic rings. The van der Waals surface area contributed by atoms with Gasteiger partial charge < -0.3 is 14.9 Å². The van der Waals surface area contributed by atoms with Crippen molar-refractivity contribution in [3.63, 3.8) is 0 Å². The number of Topliss-reactive ketones (excluding diaryl/α,β-unsaturated/α-hetero) is 1.